The summed E-state index contributed by atoms with van der Waals surface area (Å²) < 4.78 is 6.10. The maximum Gasteiger partial charge on any atom is 0.251 e. The highest BCUT2D eigenvalue weighted by atomic mass is 79.9. The normalized spacial score (nSPS) is 21.8. The summed E-state index contributed by atoms with van der Waals surface area (Å²) >= 11 is 3.33. The lowest BCUT2D eigenvalue weighted by molar-refractivity contribution is -0.130. The smallest absolute Gasteiger partial charge is 0.251 e. The fraction of sp³-hybridized carbons (Fsp3) is 0.318. The van der Waals surface area contributed by atoms with Gasteiger partial charge in [-0.1, -0.05) is 34.1 Å². The second kappa shape index (κ2) is 8.97. The van der Waals surface area contributed by atoms with E-state index in [-0.39, 0.29) is 24.6 Å². The van der Waals surface area contributed by atoms with Gasteiger partial charge < -0.3 is 20.5 Å². The van der Waals surface area contributed by atoms with Crippen molar-refractivity contribution in [2.24, 2.45) is 0 Å². The van der Waals surface area contributed by atoms with Crippen molar-refractivity contribution in [3.8, 4) is 5.75 Å². The summed E-state index contributed by atoms with van der Waals surface area (Å²) in [6, 6.07) is 12.3. The zero-order chi connectivity index (χ0) is 21.9. The Morgan fingerprint density at radius 2 is 2.00 bits per heavy atom. The van der Waals surface area contributed by atoms with E-state index in [1.54, 1.807) is 50.2 Å². The average Bonchev–Trinajstić information content (AvgIpc) is 2.94. The molecular formula is C22H23BrN2O5. The molecule has 3 rings (SSSR count). The Morgan fingerprint density at radius 3 is 2.63 bits per heavy atom. The number of Topliss-reactive ketones (excluding diaryl/α,β-unsaturated/α-hetero) is 1. The zero-order valence-corrected chi connectivity index (χ0v) is 18.2. The number of hydrogen-bond donors (Lipinski definition) is 3. The van der Waals surface area contributed by atoms with Crippen LogP contribution >= 0.6 is 15.9 Å². The molecule has 0 spiro atoms. The Balaban J connectivity index is 1.84. The molecule has 0 saturated carbocycles. The molecule has 8 heteroatoms. The maximum absolute atomic E-state index is 13.1. The first-order valence-electron chi connectivity index (χ1n) is 9.50. The number of aromatic hydroxyl groups is 1. The van der Waals surface area contributed by atoms with Crippen LogP contribution in [-0.2, 0) is 20.7 Å². The van der Waals surface area contributed by atoms with Crippen LogP contribution in [0.3, 0.4) is 0 Å². The highest BCUT2D eigenvalue weighted by Crippen LogP contribution is 2.23. The molecule has 2 aromatic rings. The van der Waals surface area contributed by atoms with Crippen molar-refractivity contribution in [2.75, 3.05) is 6.61 Å². The molecule has 0 radical (unpaired) electrons. The summed E-state index contributed by atoms with van der Waals surface area (Å²) in [6.45, 7) is 3.27. The molecule has 3 atom stereocenters. The van der Waals surface area contributed by atoms with E-state index in [2.05, 4.69) is 26.6 Å². The molecule has 7 nitrogen and oxygen atoms in total. The largest absolute Gasteiger partial charge is 0.508 e. The Hall–Kier alpha value is -2.71. The molecule has 1 aliphatic rings. The summed E-state index contributed by atoms with van der Waals surface area (Å²) in [5.41, 5.74) is -0.121. The SMILES string of the molecule is CC1OCC(=O)C1(C)NC(=O)C(Cc1cccc(O)c1)NC(=O)c1cccc(Br)c1. The number of carbonyl (C=O) groups excluding carboxylic acids is 3. The van der Waals surface area contributed by atoms with Gasteiger partial charge in [0.25, 0.3) is 5.91 Å². The number of amides is 2. The molecule has 30 heavy (non-hydrogen) atoms. The zero-order valence-electron chi connectivity index (χ0n) is 16.6. The molecule has 1 heterocycles. The van der Waals surface area contributed by atoms with Crippen molar-refractivity contribution >= 4 is 33.5 Å². The lowest BCUT2D eigenvalue weighted by Crippen LogP contribution is -2.60. The van der Waals surface area contributed by atoms with Gasteiger partial charge in [0.1, 0.15) is 23.9 Å². The van der Waals surface area contributed by atoms with E-state index in [1.165, 1.54) is 12.1 Å². The van der Waals surface area contributed by atoms with Crippen LogP contribution in [0.4, 0.5) is 0 Å². The second-order valence-electron chi connectivity index (χ2n) is 7.48. The van der Waals surface area contributed by atoms with Gasteiger partial charge in [-0.05, 0) is 49.7 Å². The van der Waals surface area contributed by atoms with E-state index < -0.39 is 29.5 Å². The molecule has 0 aliphatic carbocycles. The first-order chi connectivity index (χ1) is 14.2. The standard InChI is InChI=1S/C22H23BrN2O5/c1-13-22(2,19(27)12-30-13)25-21(29)18(10-14-5-3-8-17(26)9-14)24-20(28)15-6-4-7-16(23)11-15/h3-9,11,13,18,26H,10,12H2,1-2H3,(H,24,28)(H,25,29). The molecule has 1 fully saturated rings. The van der Waals surface area contributed by atoms with Gasteiger partial charge in [0, 0.05) is 16.5 Å². The third-order valence-corrected chi connectivity index (χ3v) is 5.79. The predicted molar refractivity (Wildman–Crippen MR) is 114 cm³/mol. The number of benzene rings is 2. The number of phenolic OH excluding ortho intramolecular Hbond substituents is 1. The summed E-state index contributed by atoms with van der Waals surface area (Å²) in [7, 11) is 0. The van der Waals surface area contributed by atoms with Crippen LogP contribution in [0.1, 0.15) is 29.8 Å². The van der Waals surface area contributed by atoms with Crippen LogP contribution in [0.15, 0.2) is 53.0 Å². The number of halogens is 1. The van der Waals surface area contributed by atoms with Crippen LogP contribution in [0.2, 0.25) is 0 Å². The summed E-state index contributed by atoms with van der Waals surface area (Å²) in [4.78, 5) is 38.2. The molecule has 0 aromatic heterocycles. The molecule has 3 N–H and O–H groups in total. The quantitative estimate of drug-likeness (QED) is 0.595. The summed E-state index contributed by atoms with van der Waals surface area (Å²) in [6.07, 6.45) is -0.351. The van der Waals surface area contributed by atoms with E-state index in [9.17, 15) is 19.5 Å². The van der Waals surface area contributed by atoms with E-state index in [1.807, 2.05) is 0 Å². The lowest BCUT2D eigenvalue weighted by atomic mass is 9.92. The Kier molecular flexibility index (Phi) is 6.58. The summed E-state index contributed by atoms with van der Waals surface area (Å²) in [5, 5.41) is 15.2. The van der Waals surface area contributed by atoms with Gasteiger partial charge in [0.05, 0.1) is 6.10 Å². The van der Waals surface area contributed by atoms with E-state index >= 15 is 0 Å². The second-order valence-corrected chi connectivity index (χ2v) is 8.39. The van der Waals surface area contributed by atoms with Gasteiger partial charge in [-0.3, -0.25) is 14.4 Å². The first-order valence-corrected chi connectivity index (χ1v) is 10.3. The maximum atomic E-state index is 13.1. The highest BCUT2D eigenvalue weighted by molar-refractivity contribution is 9.10. The van der Waals surface area contributed by atoms with Crippen LogP contribution in [0, 0.1) is 0 Å². The van der Waals surface area contributed by atoms with Crippen LogP contribution in [-0.4, -0.2) is 47.0 Å². The minimum atomic E-state index is -1.17. The van der Waals surface area contributed by atoms with Gasteiger partial charge >= 0.3 is 0 Å². The van der Waals surface area contributed by atoms with E-state index in [4.69, 9.17) is 4.74 Å². The minimum Gasteiger partial charge on any atom is -0.508 e. The van der Waals surface area contributed by atoms with Crippen LogP contribution in [0.5, 0.6) is 5.75 Å². The molecular weight excluding hydrogens is 452 g/mol. The highest BCUT2D eigenvalue weighted by Gasteiger charge is 2.47. The Bertz CT molecular complexity index is 980. The lowest BCUT2D eigenvalue weighted by Gasteiger charge is -2.30. The Labute approximate surface area is 182 Å². The molecule has 1 saturated heterocycles. The number of ether oxygens (including phenoxy) is 1. The molecule has 2 amide bonds. The van der Waals surface area contributed by atoms with Crippen molar-refractivity contribution in [3.63, 3.8) is 0 Å². The fourth-order valence-electron chi connectivity index (χ4n) is 3.26. The van der Waals surface area contributed by atoms with Gasteiger partial charge in [-0.15, -0.1) is 0 Å². The van der Waals surface area contributed by atoms with Crippen molar-refractivity contribution in [1.29, 1.82) is 0 Å². The number of hydrogen-bond acceptors (Lipinski definition) is 5. The molecule has 158 valence electrons. The number of carbonyl (C=O) groups is 3. The van der Waals surface area contributed by atoms with Crippen molar-refractivity contribution in [3.05, 3.63) is 64.1 Å². The molecule has 3 unspecified atom stereocenters. The fourth-order valence-corrected chi connectivity index (χ4v) is 3.66. The van der Waals surface area contributed by atoms with Gasteiger partial charge in [-0.25, -0.2) is 0 Å². The number of ketones is 1. The first kappa shape index (κ1) is 22.0. The van der Waals surface area contributed by atoms with E-state index in [0.717, 1.165) is 4.47 Å². The molecule has 2 aromatic carbocycles. The third-order valence-electron chi connectivity index (χ3n) is 5.30. The minimum absolute atomic E-state index is 0.0601. The van der Waals surface area contributed by atoms with Gasteiger partial charge in [0.2, 0.25) is 5.91 Å². The monoisotopic (exact) mass is 474 g/mol. The molecule has 1 aliphatic heterocycles. The van der Waals surface area contributed by atoms with Crippen molar-refractivity contribution in [1.82, 2.24) is 10.6 Å². The third kappa shape index (κ3) is 4.88. The topological polar surface area (TPSA) is 105 Å². The number of phenols is 1. The summed E-state index contributed by atoms with van der Waals surface area (Å²) in [5.74, 6) is -1.10. The number of rotatable bonds is 6. The van der Waals surface area contributed by atoms with E-state index in [0.29, 0.717) is 11.1 Å². The van der Waals surface area contributed by atoms with Crippen molar-refractivity contribution in [2.45, 2.75) is 38.0 Å². The van der Waals surface area contributed by atoms with Crippen molar-refractivity contribution < 1.29 is 24.2 Å². The van der Waals surface area contributed by atoms with Crippen LogP contribution < -0.4 is 10.6 Å². The molecule has 0 bridgehead atoms. The average molecular weight is 475 g/mol. The van der Waals surface area contributed by atoms with Gasteiger partial charge in [0.15, 0.2) is 5.78 Å². The van der Waals surface area contributed by atoms with Crippen LogP contribution in [0.25, 0.3) is 0 Å². The number of nitrogens with one attached hydrogen (secondary N) is 2. The predicted octanol–water partition coefficient (Wildman–Crippen LogP) is 2.36. The van der Waals surface area contributed by atoms with Gasteiger partial charge in [-0.2, -0.15) is 0 Å². The Morgan fingerprint density at radius 1 is 1.27 bits per heavy atom.